The molecule has 0 aliphatic rings. The Kier molecular flexibility index (Phi) is 3.67. The third-order valence-electron chi connectivity index (χ3n) is 4.02. The van der Waals surface area contributed by atoms with Crippen LogP contribution in [0, 0.1) is 13.8 Å². The Balaban J connectivity index is 2.30. The number of aromatic nitrogens is 3. The molecular weight excluding hydrogens is 302 g/mol. The van der Waals surface area contributed by atoms with Crippen molar-refractivity contribution in [1.82, 2.24) is 14.8 Å². The van der Waals surface area contributed by atoms with Gasteiger partial charge in [-0.15, -0.1) is 0 Å². The molecule has 0 N–H and O–H groups in total. The molecule has 5 heteroatoms. The number of hydrogen-bond acceptors (Lipinski definition) is 4. The van der Waals surface area contributed by atoms with E-state index in [9.17, 15) is 9.90 Å². The normalized spacial score (nSPS) is 11.9. The smallest absolute Gasteiger partial charge is 0.163 e. The number of carboxylic acids is 1. The molecule has 3 rings (SSSR count). The molecule has 0 aliphatic carbocycles. The van der Waals surface area contributed by atoms with Gasteiger partial charge >= 0.3 is 0 Å². The van der Waals surface area contributed by atoms with Crippen LogP contribution < -0.4 is 5.11 Å². The average molecular weight is 322 g/mol. The van der Waals surface area contributed by atoms with Crippen molar-refractivity contribution in [3.63, 3.8) is 0 Å². The van der Waals surface area contributed by atoms with Gasteiger partial charge in [0.25, 0.3) is 0 Å². The zero-order valence-corrected chi connectivity index (χ0v) is 14.5. The fourth-order valence-electron chi connectivity index (χ4n) is 2.90. The Morgan fingerprint density at radius 3 is 2.29 bits per heavy atom. The second-order valence-electron chi connectivity index (χ2n) is 7.12. The van der Waals surface area contributed by atoms with Gasteiger partial charge in [0.1, 0.15) is 0 Å². The molecule has 0 bridgehead atoms. The third kappa shape index (κ3) is 2.66. The fourth-order valence-corrected chi connectivity index (χ4v) is 2.90. The SMILES string of the molecule is Cc1cc(C)c2c(C(C)(C)C)nn(-c3ccc(C(=O)[O-])cc3)c2n1. The van der Waals surface area contributed by atoms with Crippen LogP contribution in [0.15, 0.2) is 30.3 Å². The number of benzene rings is 1. The predicted octanol–water partition coefficient (Wildman–Crippen LogP) is 2.70. The van der Waals surface area contributed by atoms with E-state index in [1.807, 2.05) is 6.92 Å². The van der Waals surface area contributed by atoms with Crippen molar-refractivity contribution in [2.75, 3.05) is 0 Å². The number of carbonyl (C=O) groups is 1. The van der Waals surface area contributed by atoms with Crippen molar-refractivity contribution in [3.8, 4) is 5.69 Å². The highest BCUT2D eigenvalue weighted by Crippen LogP contribution is 2.32. The molecule has 1 aromatic carbocycles. The molecule has 24 heavy (non-hydrogen) atoms. The van der Waals surface area contributed by atoms with Crippen molar-refractivity contribution >= 4 is 17.0 Å². The number of nitrogens with zero attached hydrogens (tertiary/aromatic N) is 3. The lowest BCUT2D eigenvalue weighted by molar-refractivity contribution is -0.255. The summed E-state index contributed by atoms with van der Waals surface area (Å²) in [5, 5.41) is 16.8. The van der Waals surface area contributed by atoms with E-state index in [-0.39, 0.29) is 11.0 Å². The number of aromatic carboxylic acids is 1. The molecule has 0 amide bonds. The second kappa shape index (κ2) is 5.44. The van der Waals surface area contributed by atoms with E-state index in [0.29, 0.717) is 0 Å². The van der Waals surface area contributed by atoms with E-state index < -0.39 is 5.97 Å². The zero-order valence-electron chi connectivity index (χ0n) is 14.5. The summed E-state index contributed by atoms with van der Waals surface area (Å²) in [7, 11) is 0. The third-order valence-corrected chi connectivity index (χ3v) is 4.02. The molecule has 3 aromatic rings. The summed E-state index contributed by atoms with van der Waals surface area (Å²) in [6.07, 6.45) is 0. The quantitative estimate of drug-likeness (QED) is 0.727. The van der Waals surface area contributed by atoms with Gasteiger partial charge in [0, 0.05) is 16.5 Å². The summed E-state index contributed by atoms with van der Waals surface area (Å²) in [5.41, 5.74) is 4.62. The molecule has 0 saturated heterocycles. The lowest BCUT2D eigenvalue weighted by Gasteiger charge is -2.16. The Morgan fingerprint density at radius 1 is 1.12 bits per heavy atom. The number of aryl methyl sites for hydroxylation is 2. The van der Waals surface area contributed by atoms with E-state index in [0.717, 1.165) is 33.7 Å². The van der Waals surface area contributed by atoms with E-state index in [2.05, 4.69) is 38.7 Å². The minimum atomic E-state index is -1.19. The molecule has 5 nitrogen and oxygen atoms in total. The van der Waals surface area contributed by atoms with Gasteiger partial charge < -0.3 is 9.90 Å². The van der Waals surface area contributed by atoms with Crippen LogP contribution in [-0.4, -0.2) is 20.7 Å². The maximum absolute atomic E-state index is 10.9. The minimum absolute atomic E-state index is 0.129. The predicted molar refractivity (Wildman–Crippen MR) is 91.4 cm³/mol. The van der Waals surface area contributed by atoms with Crippen molar-refractivity contribution in [2.45, 2.75) is 40.0 Å². The van der Waals surface area contributed by atoms with Gasteiger partial charge in [-0.3, -0.25) is 0 Å². The number of rotatable bonds is 2. The monoisotopic (exact) mass is 322 g/mol. The summed E-state index contributed by atoms with van der Waals surface area (Å²) in [5.74, 6) is -1.19. The lowest BCUT2D eigenvalue weighted by atomic mass is 9.89. The van der Waals surface area contributed by atoms with Crippen LogP contribution in [-0.2, 0) is 5.41 Å². The summed E-state index contributed by atoms with van der Waals surface area (Å²) in [4.78, 5) is 15.6. The topological polar surface area (TPSA) is 70.8 Å². The molecule has 0 atom stereocenters. The van der Waals surface area contributed by atoms with Crippen LogP contribution in [0.25, 0.3) is 16.7 Å². The van der Waals surface area contributed by atoms with E-state index in [4.69, 9.17) is 5.10 Å². The van der Waals surface area contributed by atoms with Gasteiger partial charge in [-0.1, -0.05) is 32.9 Å². The maximum atomic E-state index is 10.9. The minimum Gasteiger partial charge on any atom is -0.545 e. The maximum Gasteiger partial charge on any atom is 0.163 e. The first-order valence-electron chi connectivity index (χ1n) is 7.87. The highest BCUT2D eigenvalue weighted by Gasteiger charge is 2.25. The zero-order chi connectivity index (χ0) is 17.6. The molecule has 0 fully saturated rings. The van der Waals surface area contributed by atoms with E-state index in [1.54, 1.807) is 16.8 Å². The second-order valence-corrected chi connectivity index (χ2v) is 7.12. The first-order chi connectivity index (χ1) is 11.2. The summed E-state index contributed by atoms with van der Waals surface area (Å²) < 4.78 is 1.79. The van der Waals surface area contributed by atoms with Crippen LogP contribution in [0.1, 0.15) is 48.1 Å². The van der Waals surface area contributed by atoms with Crippen molar-refractivity contribution in [3.05, 3.63) is 52.8 Å². The molecule has 0 radical (unpaired) electrons. The van der Waals surface area contributed by atoms with Crippen molar-refractivity contribution in [2.24, 2.45) is 0 Å². The Hall–Kier alpha value is -2.69. The average Bonchev–Trinajstić information content (AvgIpc) is 2.87. The molecular formula is C19H20N3O2-. The Labute approximate surface area is 141 Å². The Morgan fingerprint density at radius 2 is 1.75 bits per heavy atom. The molecule has 0 aliphatic heterocycles. The summed E-state index contributed by atoms with van der Waals surface area (Å²) >= 11 is 0. The molecule has 0 saturated carbocycles. The first-order valence-corrected chi connectivity index (χ1v) is 7.87. The molecule has 124 valence electrons. The largest absolute Gasteiger partial charge is 0.545 e. The van der Waals surface area contributed by atoms with Gasteiger partial charge in [0.15, 0.2) is 5.65 Å². The van der Waals surface area contributed by atoms with Crippen LogP contribution in [0.2, 0.25) is 0 Å². The molecule has 2 heterocycles. The Bertz CT molecular complexity index is 932. The number of hydrogen-bond donors (Lipinski definition) is 0. The number of pyridine rings is 1. The van der Waals surface area contributed by atoms with Gasteiger partial charge in [0.05, 0.1) is 17.4 Å². The van der Waals surface area contributed by atoms with Crippen LogP contribution in [0.4, 0.5) is 0 Å². The highest BCUT2D eigenvalue weighted by molar-refractivity contribution is 5.87. The summed E-state index contributed by atoms with van der Waals surface area (Å²) in [6.45, 7) is 10.4. The standard InChI is InChI=1S/C19H21N3O2/c1-11-10-12(2)20-17-15(11)16(19(3,4)5)21-22(17)14-8-6-13(7-9-14)18(23)24/h6-10H,1-5H3,(H,23,24)/p-1. The van der Waals surface area contributed by atoms with Crippen molar-refractivity contribution < 1.29 is 9.90 Å². The summed E-state index contributed by atoms with van der Waals surface area (Å²) in [6, 6.07) is 8.56. The van der Waals surface area contributed by atoms with Crippen LogP contribution >= 0.6 is 0 Å². The van der Waals surface area contributed by atoms with Gasteiger partial charge in [-0.05, 0) is 43.2 Å². The van der Waals surface area contributed by atoms with E-state index >= 15 is 0 Å². The first kappa shape index (κ1) is 16.2. The number of fused-ring (bicyclic) bond motifs is 1. The van der Waals surface area contributed by atoms with Gasteiger partial charge in [0.2, 0.25) is 0 Å². The van der Waals surface area contributed by atoms with Gasteiger partial charge in [-0.25, -0.2) is 9.67 Å². The molecule has 0 unspecified atom stereocenters. The number of carboxylic acid groups (broad SMARTS) is 1. The van der Waals surface area contributed by atoms with Crippen molar-refractivity contribution in [1.29, 1.82) is 0 Å². The number of carbonyl (C=O) groups excluding carboxylic acids is 1. The van der Waals surface area contributed by atoms with Crippen LogP contribution in [0.3, 0.4) is 0 Å². The van der Waals surface area contributed by atoms with Gasteiger partial charge in [-0.2, -0.15) is 5.10 Å². The highest BCUT2D eigenvalue weighted by atomic mass is 16.4. The lowest BCUT2D eigenvalue weighted by Crippen LogP contribution is -2.22. The fraction of sp³-hybridized carbons (Fsp3) is 0.316. The van der Waals surface area contributed by atoms with Crippen LogP contribution in [0.5, 0.6) is 0 Å². The molecule has 2 aromatic heterocycles. The molecule has 0 spiro atoms. The van der Waals surface area contributed by atoms with E-state index in [1.165, 1.54) is 12.1 Å².